The maximum Gasteiger partial charge on any atom is 0.116 e. The van der Waals surface area contributed by atoms with Crippen molar-refractivity contribution in [3.8, 4) is 16.9 Å². The summed E-state index contributed by atoms with van der Waals surface area (Å²) in [4.78, 5) is 4.09. The largest absolute Gasteiger partial charge is 0.508 e. The van der Waals surface area contributed by atoms with Gasteiger partial charge in [-0.25, -0.2) is 0 Å². The molecule has 0 saturated carbocycles. The Morgan fingerprint density at radius 3 is 2.60 bits per heavy atom. The first kappa shape index (κ1) is 12.7. The average Bonchev–Trinajstić information content (AvgIpc) is 2.72. The van der Waals surface area contributed by atoms with E-state index in [2.05, 4.69) is 23.4 Å². The van der Waals surface area contributed by atoms with Crippen molar-refractivity contribution in [1.82, 2.24) is 9.55 Å². The van der Waals surface area contributed by atoms with E-state index in [0.717, 1.165) is 23.9 Å². The molecule has 0 spiro atoms. The summed E-state index contributed by atoms with van der Waals surface area (Å²) < 4.78 is 2.32. The van der Waals surface area contributed by atoms with Crippen LogP contribution in [0.2, 0.25) is 0 Å². The van der Waals surface area contributed by atoms with E-state index in [9.17, 15) is 5.11 Å². The molecule has 0 aliphatic carbocycles. The van der Waals surface area contributed by atoms with Crippen LogP contribution in [0.3, 0.4) is 0 Å². The Morgan fingerprint density at radius 2 is 1.90 bits per heavy atom. The average molecular weight is 266 g/mol. The van der Waals surface area contributed by atoms with Gasteiger partial charge in [-0.1, -0.05) is 6.92 Å². The zero-order chi connectivity index (χ0) is 14.1. The summed E-state index contributed by atoms with van der Waals surface area (Å²) in [5.41, 5.74) is 4.74. The fraction of sp³-hybridized carbons (Fsp3) is 0.235. The lowest BCUT2D eigenvalue weighted by Crippen LogP contribution is -1.98. The van der Waals surface area contributed by atoms with Crippen molar-refractivity contribution in [1.29, 1.82) is 0 Å². The van der Waals surface area contributed by atoms with Crippen molar-refractivity contribution in [2.45, 2.75) is 26.8 Å². The number of phenolic OH excluding ortho intramolecular Hbond substituents is 1. The molecule has 0 bridgehead atoms. The second-order valence-corrected chi connectivity index (χ2v) is 5.05. The molecule has 3 rings (SSSR count). The van der Waals surface area contributed by atoms with Gasteiger partial charge in [0.2, 0.25) is 0 Å². The third-order valence-corrected chi connectivity index (χ3v) is 3.72. The van der Waals surface area contributed by atoms with Gasteiger partial charge in [-0.2, -0.15) is 0 Å². The summed E-state index contributed by atoms with van der Waals surface area (Å²) in [6, 6.07) is 9.64. The first-order valence-corrected chi connectivity index (χ1v) is 6.94. The maximum atomic E-state index is 9.81. The lowest BCUT2D eigenvalue weighted by molar-refractivity contribution is 0.476. The van der Waals surface area contributed by atoms with Crippen LogP contribution in [-0.4, -0.2) is 14.7 Å². The number of nitrogens with zero attached hydrogens (tertiary/aromatic N) is 2. The Labute approximate surface area is 118 Å². The normalized spacial score (nSPS) is 11.1. The van der Waals surface area contributed by atoms with Crippen LogP contribution in [0.4, 0.5) is 0 Å². The first-order valence-electron chi connectivity index (χ1n) is 6.94. The Morgan fingerprint density at radius 1 is 1.15 bits per heavy atom. The highest BCUT2D eigenvalue weighted by Gasteiger charge is 2.15. The second kappa shape index (κ2) is 5.00. The Hall–Kier alpha value is -2.29. The molecule has 0 fully saturated rings. The topological polar surface area (TPSA) is 38.0 Å². The lowest BCUT2D eigenvalue weighted by Gasteiger charge is -2.06. The molecule has 3 nitrogen and oxygen atoms in total. The summed E-state index contributed by atoms with van der Waals surface area (Å²) >= 11 is 0. The monoisotopic (exact) mass is 266 g/mol. The SMILES string of the molecule is CCCn1c(C)c(-c2ccncc2)c2cc(O)ccc21. The molecule has 3 aromatic rings. The predicted molar refractivity (Wildman–Crippen MR) is 81.9 cm³/mol. The highest BCUT2D eigenvalue weighted by molar-refractivity contribution is 5.98. The quantitative estimate of drug-likeness (QED) is 0.774. The van der Waals surface area contributed by atoms with Crippen molar-refractivity contribution < 1.29 is 5.11 Å². The van der Waals surface area contributed by atoms with Crippen LogP contribution in [0.1, 0.15) is 19.0 Å². The molecule has 102 valence electrons. The number of fused-ring (bicyclic) bond motifs is 1. The molecule has 3 heteroatoms. The van der Waals surface area contributed by atoms with Crippen LogP contribution in [0.15, 0.2) is 42.7 Å². The highest BCUT2D eigenvalue weighted by atomic mass is 16.3. The molecule has 1 N–H and O–H groups in total. The first-order chi connectivity index (χ1) is 9.72. The molecule has 1 aromatic carbocycles. The standard InChI is InChI=1S/C17H18N2O/c1-3-10-19-12(2)17(13-6-8-18-9-7-13)15-11-14(20)4-5-16(15)19/h4-9,11,20H,3,10H2,1-2H3. The number of hydrogen-bond acceptors (Lipinski definition) is 2. The molecule has 0 amide bonds. The molecule has 0 unspecified atom stereocenters. The Kier molecular flexibility index (Phi) is 3.18. The van der Waals surface area contributed by atoms with Gasteiger partial charge in [-0.05, 0) is 49.2 Å². The maximum absolute atomic E-state index is 9.81. The molecular formula is C17H18N2O. The third-order valence-electron chi connectivity index (χ3n) is 3.72. The van der Waals surface area contributed by atoms with Gasteiger partial charge in [-0.15, -0.1) is 0 Å². The summed E-state index contributed by atoms with van der Waals surface area (Å²) in [7, 11) is 0. The lowest BCUT2D eigenvalue weighted by atomic mass is 10.0. The van der Waals surface area contributed by atoms with Gasteiger partial charge >= 0.3 is 0 Å². The number of rotatable bonds is 3. The van der Waals surface area contributed by atoms with Gasteiger partial charge in [0.1, 0.15) is 5.75 Å². The molecule has 2 aromatic heterocycles. The van der Waals surface area contributed by atoms with Gasteiger partial charge in [0.15, 0.2) is 0 Å². The van der Waals surface area contributed by atoms with Crippen LogP contribution in [0.25, 0.3) is 22.0 Å². The van der Waals surface area contributed by atoms with Crippen LogP contribution < -0.4 is 0 Å². The minimum Gasteiger partial charge on any atom is -0.508 e. The summed E-state index contributed by atoms with van der Waals surface area (Å²) in [6.45, 7) is 5.30. The van der Waals surface area contributed by atoms with Gasteiger partial charge < -0.3 is 9.67 Å². The molecule has 2 heterocycles. The third kappa shape index (κ3) is 1.95. The fourth-order valence-electron chi connectivity index (χ4n) is 2.86. The van der Waals surface area contributed by atoms with Gasteiger partial charge in [0, 0.05) is 41.1 Å². The van der Waals surface area contributed by atoms with E-state index < -0.39 is 0 Å². The number of aromatic nitrogens is 2. The minimum absolute atomic E-state index is 0.307. The van der Waals surface area contributed by atoms with Gasteiger partial charge in [0.25, 0.3) is 0 Å². The van der Waals surface area contributed by atoms with E-state index in [1.54, 1.807) is 18.5 Å². The fourth-order valence-corrected chi connectivity index (χ4v) is 2.86. The van der Waals surface area contributed by atoms with E-state index in [4.69, 9.17) is 0 Å². The zero-order valence-electron chi connectivity index (χ0n) is 11.8. The second-order valence-electron chi connectivity index (χ2n) is 5.05. The van der Waals surface area contributed by atoms with Crippen LogP contribution in [0.5, 0.6) is 5.75 Å². The van der Waals surface area contributed by atoms with E-state index in [-0.39, 0.29) is 0 Å². The van der Waals surface area contributed by atoms with E-state index >= 15 is 0 Å². The van der Waals surface area contributed by atoms with Gasteiger partial charge in [-0.3, -0.25) is 4.98 Å². The van der Waals surface area contributed by atoms with Crippen molar-refractivity contribution in [2.75, 3.05) is 0 Å². The molecular weight excluding hydrogens is 248 g/mol. The van der Waals surface area contributed by atoms with Crippen LogP contribution >= 0.6 is 0 Å². The van der Waals surface area contributed by atoms with Crippen molar-refractivity contribution >= 4 is 10.9 Å². The van der Waals surface area contributed by atoms with Crippen molar-refractivity contribution in [3.05, 3.63) is 48.4 Å². The van der Waals surface area contributed by atoms with E-state index in [1.807, 2.05) is 24.3 Å². The molecule has 0 aliphatic heterocycles. The number of aromatic hydroxyl groups is 1. The predicted octanol–water partition coefficient (Wildman–Crippen LogP) is 4.13. The molecule has 20 heavy (non-hydrogen) atoms. The summed E-state index contributed by atoms with van der Waals surface area (Å²) in [5, 5.41) is 10.9. The van der Waals surface area contributed by atoms with Crippen LogP contribution in [0, 0.1) is 6.92 Å². The molecule has 0 aliphatic rings. The zero-order valence-corrected chi connectivity index (χ0v) is 11.8. The highest BCUT2D eigenvalue weighted by Crippen LogP contribution is 2.36. The number of benzene rings is 1. The summed E-state index contributed by atoms with van der Waals surface area (Å²) in [6.07, 6.45) is 4.70. The summed E-state index contributed by atoms with van der Waals surface area (Å²) in [5.74, 6) is 0.307. The molecule has 0 radical (unpaired) electrons. The number of phenols is 1. The van der Waals surface area contributed by atoms with Crippen LogP contribution in [-0.2, 0) is 6.54 Å². The van der Waals surface area contributed by atoms with E-state index in [1.165, 1.54) is 16.8 Å². The molecule has 0 atom stereocenters. The Balaban J connectivity index is 2.35. The van der Waals surface area contributed by atoms with Crippen molar-refractivity contribution in [2.24, 2.45) is 0 Å². The number of aryl methyl sites for hydroxylation is 1. The smallest absolute Gasteiger partial charge is 0.116 e. The van der Waals surface area contributed by atoms with Crippen molar-refractivity contribution in [3.63, 3.8) is 0 Å². The molecule has 0 saturated heterocycles. The Bertz CT molecular complexity index is 745. The number of hydrogen-bond donors (Lipinski definition) is 1. The van der Waals surface area contributed by atoms with E-state index in [0.29, 0.717) is 5.75 Å². The minimum atomic E-state index is 0.307. The van der Waals surface area contributed by atoms with Gasteiger partial charge in [0.05, 0.1) is 0 Å². The number of pyridine rings is 1.